The Morgan fingerprint density at radius 3 is 2.68 bits per heavy atom. The Morgan fingerprint density at radius 1 is 1.23 bits per heavy atom. The van der Waals surface area contributed by atoms with Crippen LogP contribution in [0.4, 0.5) is 21.6 Å². The maximum absolute atomic E-state index is 14.2. The van der Waals surface area contributed by atoms with Gasteiger partial charge < -0.3 is 21.7 Å². The Kier molecular flexibility index (Phi) is 5.85. The number of piperidine rings is 1. The lowest BCUT2D eigenvalue weighted by Gasteiger charge is -2.33. The number of pyridine rings is 1. The van der Waals surface area contributed by atoms with Gasteiger partial charge in [-0.2, -0.15) is 5.10 Å². The molecule has 1 fully saturated rings. The van der Waals surface area contributed by atoms with Crippen molar-refractivity contribution in [2.75, 3.05) is 35.6 Å². The Hall–Kier alpha value is -3.46. The van der Waals surface area contributed by atoms with Crippen LogP contribution in [0.1, 0.15) is 23.3 Å². The van der Waals surface area contributed by atoms with E-state index >= 15 is 0 Å². The van der Waals surface area contributed by atoms with Crippen LogP contribution in [0.3, 0.4) is 0 Å². The fourth-order valence-electron chi connectivity index (χ4n) is 3.93. The van der Waals surface area contributed by atoms with E-state index in [-0.39, 0.29) is 11.4 Å². The summed E-state index contributed by atoms with van der Waals surface area (Å²) in [7, 11) is 1.84. The Balaban J connectivity index is 1.59. The molecule has 8 nitrogen and oxygen atoms in total. The molecular formula is C22H26FN7O. The van der Waals surface area contributed by atoms with Gasteiger partial charge in [0, 0.05) is 25.7 Å². The van der Waals surface area contributed by atoms with E-state index in [1.165, 1.54) is 6.07 Å². The van der Waals surface area contributed by atoms with Gasteiger partial charge in [-0.1, -0.05) is 12.1 Å². The Bertz CT molecular complexity index is 1090. The molecule has 1 aromatic carbocycles. The zero-order chi connectivity index (χ0) is 22.0. The van der Waals surface area contributed by atoms with Crippen LogP contribution < -0.4 is 21.7 Å². The molecule has 1 saturated heterocycles. The zero-order valence-corrected chi connectivity index (χ0v) is 17.4. The summed E-state index contributed by atoms with van der Waals surface area (Å²) in [4.78, 5) is 19.6. The molecular weight excluding hydrogens is 397 g/mol. The number of nitrogens with two attached hydrogens (primary N) is 2. The average Bonchev–Trinajstić information content (AvgIpc) is 3.14. The molecule has 0 aliphatic carbocycles. The molecule has 1 aliphatic rings. The van der Waals surface area contributed by atoms with Crippen LogP contribution in [-0.2, 0) is 7.05 Å². The van der Waals surface area contributed by atoms with E-state index in [0.29, 0.717) is 29.4 Å². The second-order valence-corrected chi connectivity index (χ2v) is 7.74. The van der Waals surface area contributed by atoms with E-state index in [9.17, 15) is 9.18 Å². The van der Waals surface area contributed by atoms with Crippen molar-refractivity contribution in [2.24, 2.45) is 18.7 Å². The summed E-state index contributed by atoms with van der Waals surface area (Å²) < 4.78 is 15.9. The topological polar surface area (TPSA) is 115 Å². The summed E-state index contributed by atoms with van der Waals surface area (Å²) in [6.07, 6.45) is 3.60. The van der Waals surface area contributed by atoms with Crippen LogP contribution >= 0.6 is 0 Å². The van der Waals surface area contributed by atoms with Crippen molar-refractivity contribution in [3.63, 3.8) is 0 Å². The average molecular weight is 423 g/mol. The van der Waals surface area contributed by atoms with Crippen LogP contribution in [-0.4, -0.2) is 40.3 Å². The molecule has 1 amide bonds. The predicted octanol–water partition coefficient (Wildman–Crippen LogP) is 2.63. The second-order valence-electron chi connectivity index (χ2n) is 7.74. The van der Waals surface area contributed by atoms with Crippen LogP contribution in [0, 0.1) is 11.7 Å². The molecule has 0 spiro atoms. The van der Waals surface area contributed by atoms with Gasteiger partial charge in [-0.25, -0.2) is 9.37 Å². The lowest BCUT2D eigenvalue weighted by Crippen LogP contribution is -2.37. The molecule has 3 heterocycles. The highest BCUT2D eigenvalue weighted by Crippen LogP contribution is 2.30. The monoisotopic (exact) mass is 423 g/mol. The number of rotatable bonds is 5. The van der Waals surface area contributed by atoms with Gasteiger partial charge >= 0.3 is 0 Å². The van der Waals surface area contributed by atoms with Crippen molar-refractivity contribution in [3.8, 4) is 11.3 Å². The normalized spacial score (nSPS) is 14.6. The van der Waals surface area contributed by atoms with Crippen LogP contribution in [0.2, 0.25) is 0 Å². The molecule has 4 rings (SSSR count). The molecule has 9 heteroatoms. The number of benzene rings is 1. The lowest BCUT2D eigenvalue weighted by molar-refractivity contribution is 0.102. The van der Waals surface area contributed by atoms with Crippen LogP contribution in [0.25, 0.3) is 11.3 Å². The molecule has 2 aromatic heterocycles. The third-order valence-corrected chi connectivity index (χ3v) is 5.69. The minimum absolute atomic E-state index is 0.0393. The lowest BCUT2D eigenvalue weighted by atomic mass is 9.97. The summed E-state index contributed by atoms with van der Waals surface area (Å²) in [5, 5.41) is 7.19. The van der Waals surface area contributed by atoms with Gasteiger partial charge in [-0.05, 0) is 49.6 Å². The number of carbonyl (C=O) groups is 1. The first kappa shape index (κ1) is 20.8. The van der Waals surface area contributed by atoms with Crippen molar-refractivity contribution in [2.45, 2.75) is 12.8 Å². The van der Waals surface area contributed by atoms with E-state index in [4.69, 9.17) is 11.5 Å². The van der Waals surface area contributed by atoms with Crippen molar-refractivity contribution >= 4 is 23.1 Å². The van der Waals surface area contributed by atoms with Gasteiger partial charge in [-0.15, -0.1) is 0 Å². The van der Waals surface area contributed by atoms with Gasteiger partial charge in [0.05, 0.1) is 17.6 Å². The standard InChI is InChI=1S/C22H26FN7O/c1-29-22(30-10-8-14(12-24)9-11-30)19(13-26-29)28-21(31)20-17(25)6-7-18(27-20)15-4-2-3-5-16(15)23/h2-7,13-14H,8-12,24-25H2,1H3,(H,28,31). The number of halogens is 1. The molecule has 3 aromatic rings. The smallest absolute Gasteiger partial charge is 0.276 e. The highest BCUT2D eigenvalue weighted by atomic mass is 19.1. The number of nitrogens with zero attached hydrogens (tertiary/aromatic N) is 4. The fourth-order valence-corrected chi connectivity index (χ4v) is 3.93. The summed E-state index contributed by atoms with van der Waals surface area (Å²) >= 11 is 0. The number of nitrogen functional groups attached to an aromatic ring is 1. The molecule has 31 heavy (non-hydrogen) atoms. The molecule has 0 unspecified atom stereocenters. The van der Waals surface area contributed by atoms with Gasteiger partial charge in [0.25, 0.3) is 5.91 Å². The number of amides is 1. The van der Waals surface area contributed by atoms with Crippen molar-refractivity contribution in [1.29, 1.82) is 0 Å². The van der Waals surface area contributed by atoms with E-state index in [0.717, 1.165) is 31.7 Å². The summed E-state index contributed by atoms with van der Waals surface area (Å²) in [5.41, 5.74) is 13.3. The highest BCUT2D eigenvalue weighted by molar-refractivity contribution is 6.07. The number of aromatic nitrogens is 3. The minimum Gasteiger partial charge on any atom is -0.397 e. The van der Waals surface area contributed by atoms with E-state index < -0.39 is 11.7 Å². The van der Waals surface area contributed by atoms with E-state index in [1.807, 2.05) is 7.05 Å². The zero-order valence-electron chi connectivity index (χ0n) is 17.4. The summed E-state index contributed by atoms with van der Waals surface area (Å²) in [6.45, 7) is 2.37. The molecule has 1 aliphatic heterocycles. The Labute approximate surface area is 180 Å². The second kappa shape index (κ2) is 8.73. The quantitative estimate of drug-likeness (QED) is 0.581. The third kappa shape index (κ3) is 4.22. The molecule has 162 valence electrons. The number of hydrogen-bond acceptors (Lipinski definition) is 6. The maximum Gasteiger partial charge on any atom is 0.276 e. The number of nitrogens with one attached hydrogen (secondary N) is 1. The van der Waals surface area contributed by atoms with E-state index in [1.54, 1.807) is 41.2 Å². The van der Waals surface area contributed by atoms with Crippen molar-refractivity contribution in [3.05, 3.63) is 54.1 Å². The molecule has 0 bridgehead atoms. The molecule has 0 radical (unpaired) electrons. The number of carbonyl (C=O) groups excluding carboxylic acids is 1. The van der Waals surface area contributed by atoms with E-state index in [2.05, 4.69) is 20.3 Å². The first-order valence-corrected chi connectivity index (χ1v) is 10.3. The molecule has 0 saturated carbocycles. The number of aryl methyl sites for hydroxylation is 1. The number of anilines is 3. The first-order valence-electron chi connectivity index (χ1n) is 10.3. The van der Waals surface area contributed by atoms with Crippen LogP contribution in [0.15, 0.2) is 42.6 Å². The minimum atomic E-state index is -0.471. The molecule has 5 N–H and O–H groups in total. The number of hydrogen-bond donors (Lipinski definition) is 3. The summed E-state index contributed by atoms with van der Waals surface area (Å²) in [5.74, 6) is 0.462. The highest BCUT2D eigenvalue weighted by Gasteiger charge is 2.24. The third-order valence-electron chi connectivity index (χ3n) is 5.69. The van der Waals surface area contributed by atoms with Crippen molar-refractivity contribution in [1.82, 2.24) is 14.8 Å². The van der Waals surface area contributed by atoms with Gasteiger partial charge in [0.15, 0.2) is 11.5 Å². The van der Waals surface area contributed by atoms with Gasteiger partial charge in [-0.3, -0.25) is 9.48 Å². The first-order chi connectivity index (χ1) is 15.0. The SMILES string of the molecule is Cn1ncc(NC(=O)c2nc(-c3ccccc3F)ccc2N)c1N1CCC(CN)CC1. The molecule has 0 atom stereocenters. The van der Waals surface area contributed by atoms with Crippen LogP contribution in [0.5, 0.6) is 0 Å². The largest absolute Gasteiger partial charge is 0.397 e. The van der Waals surface area contributed by atoms with Gasteiger partial charge in [0.2, 0.25) is 0 Å². The maximum atomic E-state index is 14.2. The van der Waals surface area contributed by atoms with Crippen molar-refractivity contribution < 1.29 is 9.18 Å². The van der Waals surface area contributed by atoms with Gasteiger partial charge in [0.1, 0.15) is 11.5 Å². The fraction of sp³-hybridized carbons (Fsp3) is 0.318. The Morgan fingerprint density at radius 2 is 1.97 bits per heavy atom. The predicted molar refractivity (Wildman–Crippen MR) is 119 cm³/mol. The summed E-state index contributed by atoms with van der Waals surface area (Å²) in [6, 6.07) is 9.44.